The molecule has 0 amide bonds. The van der Waals surface area contributed by atoms with Crippen LogP contribution in [-0.2, 0) is 0 Å². The standard InChI is InChI=1S/C8H14.C2H6/c1-6-7-2-3-8(6)5-4-7;1-2/h6-8H,2-5H2,1H3;1-2H3. The van der Waals surface area contributed by atoms with Crippen molar-refractivity contribution in [1.29, 1.82) is 0 Å². The average Bonchev–Trinajstić information content (AvgIpc) is 2.53. The van der Waals surface area contributed by atoms with Crippen molar-refractivity contribution in [1.82, 2.24) is 0 Å². The highest BCUT2D eigenvalue weighted by atomic mass is 14.4. The van der Waals surface area contributed by atoms with E-state index >= 15 is 0 Å². The van der Waals surface area contributed by atoms with Gasteiger partial charge < -0.3 is 0 Å². The second kappa shape index (κ2) is 3.41. The zero-order valence-electron chi connectivity index (χ0n) is 7.56. The summed E-state index contributed by atoms with van der Waals surface area (Å²) in [6.07, 6.45) is 6.19. The molecule has 0 atom stereocenters. The Balaban J connectivity index is 0.000000231. The van der Waals surface area contributed by atoms with Crippen LogP contribution in [0.4, 0.5) is 0 Å². The molecule has 0 aliphatic heterocycles. The average molecular weight is 140 g/mol. The minimum atomic E-state index is 1.09. The molecule has 0 unspecified atom stereocenters. The minimum Gasteiger partial charge on any atom is -0.0683 e. The Morgan fingerprint density at radius 2 is 1.10 bits per heavy atom. The number of hydrogen-bond donors (Lipinski definition) is 0. The smallest absolute Gasteiger partial charge is 0.0386 e. The van der Waals surface area contributed by atoms with Gasteiger partial charge in [-0.25, -0.2) is 0 Å². The lowest BCUT2D eigenvalue weighted by molar-refractivity contribution is 0.447. The van der Waals surface area contributed by atoms with Crippen molar-refractivity contribution in [3.05, 3.63) is 0 Å². The van der Waals surface area contributed by atoms with E-state index in [0.29, 0.717) is 0 Å². The summed E-state index contributed by atoms with van der Waals surface area (Å²) in [5.74, 6) is 3.37. The number of fused-ring (bicyclic) bond motifs is 2. The van der Waals surface area contributed by atoms with Crippen molar-refractivity contribution >= 4 is 0 Å². The monoisotopic (exact) mass is 140 g/mol. The van der Waals surface area contributed by atoms with E-state index in [1.54, 1.807) is 25.7 Å². The lowest BCUT2D eigenvalue weighted by atomic mass is 10.0. The van der Waals surface area contributed by atoms with E-state index in [2.05, 4.69) is 6.92 Å². The molecule has 0 saturated heterocycles. The largest absolute Gasteiger partial charge is 0.0683 e. The molecule has 2 saturated carbocycles. The first-order valence-corrected chi connectivity index (χ1v) is 4.88. The lowest BCUT2D eigenvalue weighted by Gasteiger charge is -2.05. The molecule has 0 heteroatoms. The zero-order chi connectivity index (χ0) is 7.56. The second-order valence-electron chi connectivity index (χ2n) is 3.53. The molecule has 2 aliphatic carbocycles. The Morgan fingerprint density at radius 1 is 0.800 bits per heavy atom. The highest BCUT2D eigenvalue weighted by Gasteiger charge is 2.37. The minimum absolute atomic E-state index is 1.09. The highest BCUT2D eigenvalue weighted by Crippen LogP contribution is 2.48. The Morgan fingerprint density at radius 3 is 1.20 bits per heavy atom. The van der Waals surface area contributed by atoms with E-state index in [1.165, 1.54) is 0 Å². The first-order chi connectivity index (χ1) is 4.88. The van der Waals surface area contributed by atoms with Crippen LogP contribution in [0.25, 0.3) is 0 Å². The molecule has 0 radical (unpaired) electrons. The van der Waals surface area contributed by atoms with Crippen molar-refractivity contribution < 1.29 is 0 Å². The number of rotatable bonds is 0. The van der Waals surface area contributed by atoms with Crippen LogP contribution in [0.15, 0.2) is 0 Å². The van der Waals surface area contributed by atoms with E-state index in [9.17, 15) is 0 Å². The molecule has 2 bridgehead atoms. The van der Waals surface area contributed by atoms with Gasteiger partial charge in [-0.3, -0.25) is 0 Å². The Labute approximate surface area is 65.0 Å². The highest BCUT2D eigenvalue weighted by molar-refractivity contribution is 4.88. The van der Waals surface area contributed by atoms with Gasteiger partial charge in [0.05, 0.1) is 0 Å². The van der Waals surface area contributed by atoms with Gasteiger partial charge in [0, 0.05) is 0 Å². The Kier molecular flexibility index (Phi) is 2.76. The Bertz CT molecular complexity index is 76.2. The van der Waals surface area contributed by atoms with Crippen LogP contribution in [-0.4, -0.2) is 0 Å². The van der Waals surface area contributed by atoms with Crippen LogP contribution in [0.3, 0.4) is 0 Å². The van der Waals surface area contributed by atoms with E-state index in [-0.39, 0.29) is 0 Å². The van der Waals surface area contributed by atoms with Crippen molar-refractivity contribution in [3.63, 3.8) is 0 Å². The molecule has 0 spiro atoms. The van der Waals surface area contributed by atoms with Gasteiger partial charge in [-0.2, -0.15) is 0 Å². The van der Waals surface area contributed by atoms with Gasteiger partial charge in [-0.1, -0.05) is 20.8 Å². The predicted octanol–water partition coefficient (Wildman–Crippen LogP) is 3.47. The van der Waals surface area contributed by atoms with Crippen LogP contribution >= 0.6 is 0 Å². The van der Waals surface area contributed by atoms with Gasteiger partial charge in [0.25, 0.3) is 0 Å². The van der Waals surface area contributed by atoms with Crippen LogP contribution in [0.1, 0.15) is 46.5 Å². The molecule has 0 nitrogen and oxygen atoms in total. The normalized spacial score (nSPS) is 42.9. The van der Waals surface area contributed by atoms with Crippen molar-refractivity contribution in [2.45, 2.75) is 46.5 Å². The third-order valence-electron chi connectivity index (χ3n) is 3.30. The molecule has 0 N–H and O–H groups in total. The molecular weight excluding hydrogens is 120 g/mol. The summed E-state index contributed by atoms with van der Waals surface area (Å²) in [4.78, 5) is 0. The first kappa shape index (κ1) is 8.10. The summed E-state index contributed by atoms with van der Waals surface area (Å²) in [5.41, 5.74) is 0. The maximum absolute atomic E-state index is 2.44. The maximum atomic E-state index is 2.44. The molecule has 2 aliphatic rings. The molecule has 0 aromatic carbocycles. The Hall–Kier alpha value is 0. The van der Waals surface area contributed by atoms with E-state index < -0.39 is 0 Å². The van der Waals surface area contributed by atoms with Gasteiger partial charge in [0.15, 0.2) is 0 Å². The van der Waals surface area contributed by atoms with E-state index in [4.69, 9.17) is 0 Å². The lowest BCUT2D eigenvalue weighted by Crippen LogP contribution is -1.97. The van der Waals surface area contributed by atoms with Gasteiger partial charge in [-0.15, -0.1) is 0 Å². The molecule has 0 aromatic rings. The van der Waals surface area contributed by atoms with Gasteiger partial charge in [-0.05, 0) is 43.4 Å². The molecule has 2 rings (SSSR count). The van der Waals surface area contributed by atoms with Crippen LogP contribution in [0, 0.1) is 17.8 Å². The molecular formula is C10H20. The quantitative estimate of drug-likeness (QED) is 0.483. The molecule has 0 aromatic heterocycles. The van der Waals surface area contributed by atoms with Gasteiger partial charge in [0.1, 0.15) is 0 Å². The molecule has 2 fully saturated rings. The fourth-order valence-corrected chi connectivity index (χ4v) is 2.58. The second-order valence-corrected chi connectivity index (χ2v) is 3.53. The molecule has 60 valence electrons. The number of hydrogen-bond acceptors (Lipinski definition) is 0. The maximum Gasteiger partial charge on any atom is -0.0386 e. The summed E-state index contributed by atoms with van der Waals surface area (Å²) in [6.45, 7) is 6.44. The summed E-state index contributed by atoms with van der Waals surface area (Å²) in [7, 11) is 0. The van der Waals surface area contributed by atoms with Crippen LogP contribution < -0.4 is 0 Å². The van der Waals surface area contributed by atoms with E-state index in [1.807, 2.05) is 13.8 Å². The van der Waals surface area contributed by atoms with E-state index in [0.717, 1.165) is 17.8 Å². The summed E-state index contributed by atoms with van der Waals surface area (Å²) >= 11 is 0. The zero-order valence-corrected chi connectivity index (χ0v) is 7.56. The van der Waals surface area contributed by atoms with Crippen molar-refractivity contribution in [3.8, 4) is 0 Å². The summed E-state index contributed by atoms with van der Waals surface area (Å²) in [5, 5.41) is 0. The third kappa shape index (κ3) is 1.21. The van der Waals surface area contributed by atoms with Crippen molar-refractivity contribution in [2.75, 3.05) is 0 Å². The summed E-state index contributed by atoms with van der Waals surface area (Å²) in [6, 6.07) is 0. The topological polar surface area (TPSA) is 0 Å². The van der Waals surface area contributed by atoms with Crippen molar-refractivity contribution in [2.24, 2.45) is 17.8 Å². The third-order valence-corrected chi connectivity index (χ3v) is 3.30. The SMILES string of the molecule is CC.CC1C2CCC1CC2. The van der Waals surface area contributed by atoms with Crippen LogP contribution in [0.5, 0.6) is 0 Å². The fraction of sp³-hybridized carbons (Fsp3) is 1.00. The van der Waals surface area contributed by atoms with Crippen LogP contribution in [0.2, 0.25) is 0 Å². The molecule has 10 heavy (non-hydrogen) atoms. The summed E-state index contributed by atoms with van der Waals surface area (Å²) < 4.78 is 0. The van der Waals surface area contributed by atoms with Gasteiger partial charge >= 0.3 is 0 Å². The molecule has 0 heterocycles. The predicted molar refractivity (Wildman–Crippen MR) is 46.0 cm³/mol. The van der Waals surface area contributed by atoms with Gasteiger partial charge in [0.2, 0.25) is 0 Å². The fourth-order valence-electron chi connectivity index (χ4n) is 2.58. The first-order valence-electron chi connectivity index (χ1n) is 4.88.